The van der Waals surface area contributed by atoms with Crippen LogP contribution in [-0.2, 0) is 0 Å². The number of hydrogen-bond donors (Lipinski definition) is 2. The Hall–Kier alpha value is -1.58. The lowest BCUT2D eigenvalue weighted by molar-refractivity contribution is 0.573. The molecule has 4 nitrogen and oxygen atoms in total. The molecule has 2 aromatic rings. The van der Waals surface area contributed by atoms with Crippen molar-refractivity contribution in [2.75, 3.05) is 0 Å². The molecule has 0 radical (unpaired) electrons. The standard InChI is InChI=1S/C6H5N3O/c7-9-6-4-1-2-8-5(4)3-10-6/h1-3,7-8H. The monoisotopic (exact) mass is 135 g/mol. The molecule has 0 fully saturated rings. The Balaban J connectivity index is 2.88. The molecule has 2 rings (SSSR count). The molecule has 0 amide bonds. The summed E-state index contributed by atoms with van der Waals surface area (Å²) in [4.78, 5) is 2.94. The Morgan fingerprint density at radius 2 is 2.50 bits per heavy atom. The Morgan fingerprint density at radius 3 is 3.30 bits per heavy atom. The fourth-order valence-electron chi connectivity index (χ4n) is 0.931. The zero-order valence-corrected chi connectivity index (χ0v) is 5.09. The first-order valence-corrected chi connectivity index (χ1v) is 2.84. The minimum absolute atomic E-state index is 0.358. The number of nitrogens with one attached hydrogen (secondary N) is 2. The Labute approximate surface area is 56.4 Å². The number of aromatic amines is 1. The van der Waals surface area contributed by atoms with Crippen LogP contribution in [0, 0.1) is 5.53 Å². The molecule has 4 heteroatoms. The highest BCUT2D eigenvalue weighted by Crippen LogP contribution is 2.26. The van der Waals surface area contributed by atoms with Crippen LogP contribution < -0.4 is 0 Å². The largest absolute Gasteiger partial charge is 0.443 e. The average Bonchev–Trinajstić information content (AvgIpc) is 2.44. The first-order chi connectivity index (χ1) is 4.92. The van der Waals surface area contributed by atoms with Gasteiger partial charge in [-0.1, -0.05) is 0 Å². The molecule has 0 unspecified atom stereocenters. The van der Waals surface area contributed by atoms with E-state index in [1.165, 1.54) is 0 Å². The molecule has 0 aromatic carbocycles. The number of furan rings is 1. The summed E-state index contributed by atoms with van der Waals surface area (Å²) in [5.74, 6) is 0.358. The summed E-state index contributed by atoms with van der Waals surface area (Å²) in [5.41, 5.74) is 7.58. The van der Waals surface area contributed by atoms with Crippen molar-refractivity contribution in [2.24, 2.45) is 5.11 Å². The van der Waals surface area contributed by atoms with Crippen molar-refractivity contribution in [2.45, 2.75) is 0 Å². The van der Waals surface area contributed by atoms with E-state index in [4.69, 9.17) is 9.95 Å². The van der Waals surface area contributed by atoms with E-state index in [-0.39, 0.29) is 0 Å². The third kappa shape index (κ3) is 0.500. The van der Waals surface area contributed by atoms with E-state index in [1.54, 1.807) is 12.5 Å². The molecular formula is C6H5N3O. The van der Waals surface area contributed by atoms with E-state index in [0.717, 1.165) is 10.9 Å². The maximum Gasteiger partial charge on any atom is 0.247 e. The molecule has 0 saturated carbocycles. The van der Waals surface area contributed by atoms with Gasteiger partial charge in [-0.05, 0) is 6.07 Å². The van der Waals surface area contributed by atoms with Crippen LogP contribution in [-0.4, -0.2) is 4.98 Å². The molecular weight excluding hydrogens is 130 g/mol. The van der Waals surface area contributed by atoms with Crippen molar-refractivity contribution >= 4 is 16.8 Å². The van der Waals surface area contributed by atoms with E-state index in [1.807, 2.05) is 6.07 Å². The molecule has 2 heterocycles. The molecule has 0 bridgehead atoms. The highest BCUT2D eigenvalue weighted by atomic mass is 16.3. The fourth-order valence-corrected chi connectivity index (χ4v) is 0.931. The van der Waals surface area contributed by atoms with Crippen molar-refractivity contribution in [3.8, 4) is 0 Å². The van der Waals surface area contributed by atoms with E-state index in [9.17, 15) is 0 Å². The van der Waals surface area contributed by atoms with Gasteiger partial charge in [0.15, 0.2) is 0 Å². The highest BCUT2D eigenvalue weighted by molar-refractivity contribution is 5.87. The lowest BCUT2D eigenvalue weighted by Gasteiger charge is -1.76. The van der Waals surface area contributed by atoms with Crippen molar-refractivity contribution in [3.05, 3.63) is 18.5 Å². The van der Waals surface area contributed by atoms with Crippen molar-refractivity contribution < 1.29 is 4.42 Å². The van der Waals surface area contributed by atoms with Crippen molar-refractivity contribution in [1.29, 1.82) is 5.53 Å². The summed E-state index contributed by atoms with van der Waals surface area (Å²) in [6, 6.07) is 1.83. The summed E-state index contributed by atoms with van der Waals surface area (Å²) < 4.78 is 4.92. The smallest absolute Gasteiger partial charge is 0.247 e. The molecule has 2 aromatic heterocycles. The second-order valence-electron chi connectivity index (χ2n) is 1.96. The zero-order chi connectivity index (χ0) is 6.97. The lowest BCUT2D eigenvalue weighted by Crippen LogP contribution is -1.51. The van der Waals surface area contributed by atoms with Gasteiger partial charge < -0.3 is 9.40 Å². The zero-order valence-electron chi connectivity index (χ0n) is 5.09. The van der Waals surface area contributed by atoms with Gasteiger partial charge in [0.2, 0.25) is 5.88 Å². The van der Waals surface area contributed by atoms with Gasteiger partial charge in [0.05, 0.1) is 10.9 Å². The van der Waals surface area contributed by atoms with E-state index < -0.39 is 0 Å². The van der Waals surface area contributed by atoms with Gasteiger partial charge in [-0.15, -0.1) is 5.11 Å². The Morgan fingerprint density at radius 1 is 1.60 bits per heavy atom. The molecule has 0 aliphatic rings. The van der Waals surface area contributed by atoms with Crippen LogP contribution in [0.4, 0.5) is 5.88 Å². The molecule has 10 heavy (non-hydrogen) atoms. The summed E-state index contributed by atoms with van der Waals surface area (Å²) >= 11 is 0. The summed E-state index contributed by atoms with van der Waals surface area (Å²) in [6.45, 7) is 0. The number of aromatic nitrogens is 1. The minimum atomic E-state index is 0.358. The summed E-state index contributed by atoms with van der Waals surface area (Å²) in [5, 5.41) is 4.05. The number of H-pyrrole nitrogens is 1. The van der Waals surface area contributed by atoms with Gasteiger partial charge in [-0.2, -0.15) is 0 Å². The van der Waals surface area contributed by atoms with Gasteiger partial charge in [0.1, 0.15) is 6.26 Å². The predicted octanol–water partition coefficient (Wildman–Crippen LogP) is 2.42. The Kier molecular flexibility index (Phi) is 0.887. The normalized spacial score (nSPS) is 10.4. The van der Waals surface area contributed by atoms with Crippen LogP contribution in [0.2, 0.25) is 0 Å². The topological polar surface area (TPSA) is 65.1 Å². The van der Waals surface area contributed by atoms with Gasteiger partial charge in [0.25, 0.3) is 0 Å². The first kappa shape index (κ1) is 5.22. The van der Waals surface area contributed by atoms with E-state index in [2.05, 4.69) is 10.1 Å². The lowest BCUT2D eigenvalue weighted by atomic mass is 10.4. The van der Waals surface area contributed by atoms with Gasteiger partial charge in [-0.25, -0.2) is 5.53 Å². The molecule has 0 saturated heterocycles. The van der Waals surface area contributed by atoms with Crippen LogP contribution in [0.1, 0.15) is 0 Å². The third-order valence-electron chi connectivity index (χ3n) is 1.40. The average molecular weight is 135 g/mol. The number of fused-ring (bicyclic) bond motifs is 1. The van der Waals surface area contributed by atoms with Crippen LogP contribution in [0.25, 0.3) is 10.9 Å². The second kappa shape index (κ2) is 1.70. The summed E-state index contributed by atoms with van der Waals surface area (Å²) in [6.07, 6.45) is 3.33. The molecule has 50 valence electrons. The summed E-state index contributed by atoms with van der Waals surface area (Å²) in [7, 11) is 0. The molecule has 2 N–H and O–H groups in total. The quantitative estimate of drug-likeness (QED) is 0.579. The molecule has 0 aliphatic carbocycles. The van der Waals surface area contributed by atoms with E-state index in [0.29, 0.717) is 5.88 Å². The fraction of sp³-hybridized carbons (Fsp3) is 0. The third-order valence-corrected chi connectivity index (χ3v) is 1.40. The molecule has 0 spiro atoms. The van der Waals surface area contributed by atoms with Gasteiger partial charge >= 0.3 is 0 Å². The number of rotatable bonds is 1. The number of nitrogens with zero attached hydrogens (tertiary/aromatic N) is 1. The Bertz CT molecular complexity index is 360. The maximum atomic E-state index is 6.70. The highest BCUT2D eigenvalue weighted by Gasteiger charge is 2.03. The van der Waals surface area contributed by atoms with Crippen molar-refractivity contribution in [3.63, 3.8) is 0 Å². The van der Waals surface area contributed by atoms with E-state index >= 15 is 0 Å². The predicted molar refractivity (Wildman–Crippen MR) is 35.4 cm³/mol. The van der Waals surface area contributed by atoms with Gasteiger partial charge in [0, 0.05) is 6.20 Å². The second-order valence-corrected chi connectivity index (χ2v) is 1.96. The molecule has 0 atom stereocenters. The van der Waals surface area contributed by atoms with Crippen LogP contribution in [0.15, 0.2) is 28.1 Å². The van der Waals surface area contributed by atoms with Crippen molar-refractivity contribution in [1.82, 2.24) is 4.98 Å². The van der Waals surface area contributed by atoms with Crippen LogP contribution in [0.5, 0.6) is 0 Å². The van der Waals surface area contributed by atoms with Crippen LogP contribution in [0.3, 0.4) is 0 Å². The maximum absolute atomic E-state index is 6.70. The SMILES string of the molecule is N=Nc1occ2[nH]ccc12. The van der Waals surface area contributed by atoms with Gasteiger partial charge in [-0.3, -0.25) is 0 Å². The first-order valence-electron chi connectivity index (χ1n) is 2.84. The minimum Gasteiger partial charge on any atom is -0.443 e. The number of hydrogen-bond acceptors (Lipinski definition) is 3. The molecule has 0 aliphatic heterocycles. The van der Waals surface area contributed by atoms with Crippen LogP contribution >= 0.6 is 0 Å².